The molecule has 2 heterocycles. The maximum Gasteiger partial charge on any atom is 0.356 e. The van der Waals surface area contributed by atoms with Gasteiger partial charge in [0, 0.05) is 0 Å². The number of aromatic amines is 2. The van der Waals surface area contributed by atoms with E-state index < -0.39 is 22.8 Å². The van der Waals surface area contributed by atoms with Crippen LogP contribution in [0.4, 0.5) is 0 Å². The van der Waals surface area contributed by atoms with E-state index in [2.05, 4.69) is 10.2 Å². The van der Waals surface area contributed by atoms with Crippen LogP contribution in [-0.2, 0) is 0 Å². The zero-order chi connectivity index (χ0) is 35.9. The molecule has 0 saturated carbocycles. The fraction of sp³-hybridized carbons (Fsp3) is 0.0811. The molecule has 0 unspecified atom stereocenters. The van der Waals surface area contributed by atoms with Gasteiger partial charge in [0.1, 0.15) is 28.6 Å². The lowest BCUT2D eigenvalue weighted by molar-refractivity contribution is 0.469. The van der Waals surface area contributed by atoms with Gasteiger partial charge >= 0.3 is 22.8 Å². The Balaban J connectivity index is 0.000000160. The molecule has 0 aliphatic heterocycles. The number of hydrogen-bond acceptors (Lipinski definition) is 7. The van der Waals surface area contributed by atoms with Crippen molar-refractivity contribution in [3.8, 4) is 40.0 Å². The van der Waals surface area contributed by atoms with Crippen LogP contribution in [-0.4, -0.2) is 44.0 Å². The number of phenolic OH excluding ortho intramolecular Hbond substituents is 3. The second-order valence-electron chi connectivity index (χ2n) is 11.2. The molecule has 0 saturated heterocycles. The van der Waals surface area contributed by atoms with Gasteiger partial charge in [-0.2, -0.15) is 9.36 Å². The van der Waals surface area contributed by atoms with E-state index in [1.54, 1.807) is 97.1 Å². The Morgan fingerprint density at radius 2 is 0.820 bits per heavy atom. The van der Waals surface area contributed by atoms with Gasteiger partial charge < -0.3 is 15.3 Å². The minimum absolute atomic E-state index is 0.0795. The monoisotopic (exact) mass is 674 g/mol. The molecule has 0 spiro atoms. The number of aromatic hydroxyl groups is 3. The standard InChI is InChI=1S/2C15H13N3O3.C7H8O/c2*1-10-7-8-13(19)12(9-10)18-15(21)17(14(20)16-18)11-5-3-2-4-6-11;1-6-2-4-7(8)5-3-6/h2*2-9,19H,1H3,(H,16,20);2-5,8H,1H3. The summed E-state index contributed by atoms with van der Waals surface area (Å²) in [5.74, 6) is 0.170. The van der Waals surface area contributed by atoms with Crippen molar-refractivity contribution in [3.63, 3.8) is 0 Å². The van der Waals surface area contributed by atoms with Gasteiger partial charge in [-0.25, -0.2) is 38.5 Å². The van der Waals surface area contributed by atoms with E-state index in [4.69, 9.17) is 5.11 Å². The Bertz CT molecular complexity index is 2300. The Hall–Kier alpha value is -7.02. The largest absolute Gasteiger partial charge is 0.508 e. The Kier molecular flexibility index (Phi) is 10.2. The molecule has 7 aromatic rings. The number of phenols is 3. The molecule has 0 radical (unpaired) electrons. The first-order valence-corrected chi connectivity index (χ1v) is 15.3. The fourth-order valence-electron chi connectivity index (χ4n) is 4.87. The van der Waals surface area contributed by atoms with Gasteiger partial charge in [-0.3, -0.25) is 0 Å². The summed E-state index contributed by atoms with van der Waals surface area (Å²) in [4.78, 5) is 48.9. The molecule has 5 aromatic carbocycles. The lowest BCUT2D eigenvalue weighted by Gasteiger charge is -2.04. The summed E-state index contributed by atoms with van der Waals surface area (Å²) < 4.78 is 4.11. The number of benzene rings is 5. The van der Waals surface area contributed by atoms with Gasteiger partial charge in [0.05, 0.1) is 11.4 Å². The Morgan fingerprint density at radius 1 is 0.460 bits per heavy atom. The summed E-state index contributed by atoms with van der Waals surface area (Å²) in [6, 6.07) is 34.0. The lowest BCUT2D eigenvalue weighted by atomic mass is 10.2. The molecule has 13 nitrogen and oxygen atoms in total. The van der Waals surface area contributed by atoms with Crippen LogP contribution in [0.3, 0.4) is 0 Å². The molecular formula is C37H34N6O7. The quantitative estimate of drug-likeness (QED) is 0.184. The molecule has 0 bridgehead atoms. The number of nitrogens with zero attached hydrogens (tertiary/aromatic N) is 4. The summed E-state index contributed by atoms with van der Waals surface area (Å²) >= 11 is 0. The van der Waals surface area contributed by atoms with Crippen molar-refractivity contribution >= 4 is 0 Å². The van der Waals surface area contributed by atoms with E-state index in [0.29, 0.717) is 17.1 Å². The van der Waals surface area contributed by atoms with E-state index in [0.717, 1.165) is 29.6 Å². The number of aryl methyl sites for hydroxylation is 3. The molecule has 0 aliphatic rings. The molecule has 50 heavy (non-hydrogen) atoms. The second-order valence-corrected chi connectivity index (χ2v) is 11.2. The van der Waals surface area contributed by atoms with Gasteiger partial charge in [-0.05, 0) is 92.6 Å². The summed E-state index contributed by atoms with van der Waals surface area (Å²) in [5.41, 5.74) is 2.06. The van der Waals surface area contributed by atoms with Gasteiger partial charge in [-0.1, -0.05) is 66.2 Å². The molecule has 13 heteroatoms. The van der Waals surface area contributed by atoms with Crippen LogP contribution in [0.25, 0.3) is 22.7 Å². The first-order valence-electron chi connectivity index (χ1n) is 15.3. The highest BCUT2D eigenvalue weighted by Crippen LogP contribution is 2.21. The van der Waals surface area contributed by atoms with Gasteiger partial charge in [-0.15, -0.1) is 0 Å². The van der Waals surface area contributed by atoms with Crippen LogP contribution in [0.5, 0.6) is 17.2 Å². The Morgan fingerprint density at radius 3 is 1.18 bits per heavy atom. The number of nitrogens with one attached hydrogen (secondary N) is 2. The smallest absolute Gasteiger partial charge is 0.356 e. The van der Waals surface area contributed by atoms with E-state index in [1.807, 2.05) is 32.9 Å². The molecule has 0 aliphatic carbocycles. The van der Waals surface area contributed by atoms with Crippen LogP contribution in [0, 0.1) is 20.8 Å². The average molecular weight is 675 g/mol. The normalized spacial score (nSPS) is 10.5. The molecule has 0 fully saturated rings. The first kappa shape index (κ1) is 34.3. The van der Waals surface area contributed by atoms with Crippen LogP contribution in [0.1, 0.15) is 16.7 Å². The van der Waals surface area contributed by atoms with Crippen LogP contribution in [0.2, 0.25) is 0 Å². The predicted octanol–water partition coefficient (Wildman–Crippen LogP) is 4.36. The highest BCUT2D eigenvalue weighted by Gasteiger charge is 2.16. The molecule has 7 rings (SSSR count). The average Bonchev–Trinajstić information content (AvgIpc) is 3.58. The molecule has 0 amide bonds. The zero-order valence-electron chi connectivity index (χ0n) is 27.3. The van der Waals surface area contributed by atoms with Crippen molar-refractivity contribution in [2.45, 2.75) is 20.8 Å². The first-order chi connectivity index (χ1) is 23.9. The van der Waals surface area contributed by atoms with Gasteiger partial charge in [0.2, 0.25) is 0 Å². The number of rotatable bonds is 4. The van der Waals surface area contributed by atoms with Crippen molar-refractivity contribution in [1.82, 2.24) is 28.7 Å². The van der Waals surface area contributed by atoms with Crippen molar-refractivity contribution in [1.29, 1.82) is 0 Å². The van der Waals surface area contributed by atoms with E-state index in [1.165, 1.54) is 17.7 Å². The predicted molar refractivity (Wildman–Crippen MR) is 190 cm³/mol. The van der Waals surface area contributed by atoms with Gasteiger partial charge in [0.15, 0.2) is 0 Å². The molecule has 2 aromatic heterocycles. The van der Waals surface area contributed by atoms with Crippen molar-refractivity contribution in [2.24, 2.45) is 0 Å². The third kappa shape index (κ3) is 7.58. The lowest BCUT2D eigenvalue weighted by Crippen LogP contribution is -2.26. The number of aromatic nitrogens is 6. The summed E-state index contributed by atoms with van der Waals surface area (Å²) in [6.07, 6.45) is 0. The van der Waals surface area contributed by atoms with E-state index in [-0.39, 0.29) is 22.9 Å². The van der Waals surface area contributed by atoms with E-state index >= 15 is 0 Å². The van der Waals surface area contributed by atoms with Crippen molar-refractivity contribution in [3.05, 3.63) is 180 Å². The summed E-state index contributed by atoms with van der Waals surface area (Å²) in [7, 11) is 0. The highest BCUT2D eigenvalue weighted by molar-refractivity contribution is 5.48. The molecule has 0 atom stereocenters. The third-order valence-electron chi connectivity index (χ3n) is 7.39. The molecule has 5 N–H and O–H groups in total. The summed E-state index contributed by atoms with van der Waals surface area (Å²) in [5, 5.41) is 33.4. The number of hydrogen-bond donors (Lipinski definition) is 5. The molecular weight excluding hydrogens is 640 g/mol. The van der Waals surface area contributed by atoms with Crippen molar-refractivity contribution in [2.75, 3.05) is 0 Å². The minimum Gasteiger partial charge on any atom is -0.508 e. The second kappa shape index (κ2) is 14.8. The molecule has 254 valence electrons. The van der Waals surface area contributed by atoms with E-state index in [9.17, 15) is 29.4 Å². The topological polar surface area (TPSA) is 180 Å². The Labute approximate surface area is 284 Å². The van der Waals surface area contributed by atoms with Crippen LogP contribution >= 0.6 is 0 Å². The zero-order valence-corrected chi connectivity index (χ0v) is 27.3. The number of para-hydroxylation sites is 2. The maximum atomic E-state index is 12.4. The SMILES string of the molecule is Cc1ccc(O)c(-n2[nH]c(=O)n(-c3ccccc3)c2=O)c1.Cc1ccc(O)c(-n2[nH]c(=O)n(-c3ccccc3)c2=O)c1.Cc1ccc(O)cc1. The fourth-order valence-corrected chi connectivity index (χ4v) is 4.87. The van der Waals surface area contributed by atoms with Crippen LogP contribution < -0.4 is 22.8 Å². The highest BCUT2D eigenvalue weighted by atomic mass is 16.3. The van der Waals surface area contributed by atoms with Gasteiger partial charge in [0.25, 0.3) is 0 Å². The maximum absolute atomic E-state index is 12.4. The summed E-state index contributed by atoms with van der Waals surface area (Å²) in [6.45, 7) is 5.65. The minimum atomic E-state index is -0.563. The van der Waals surface area contributed by atoms with Crippen LogP contribution in [0.15, 0.2) is 141 Å². The number of H-pyrrole nitrogens is 2. The van der Waals surface area contributed by atoms with Crippen molar-refractivity contribution < 1.29 is 15.3 Å². The third-order valence-corrected chi connectivity index (χ3v) is 7.39.